The number of nitrogens with zero attached hydrogens (tertiary/aromatic N) is 21. The molecule has 0 spiro atoms. The zero-order valence-corrected chi connectivity index (χ0v) is 81.0. The number of phenols is 1. The summed E-state index contributed by atoms with van der Waals surface area (Å²) in [6.45, 7) is 38.3. The van der Waals surface area contributed by atoms with Gasteiger partial charge in [-0.1, -0.05) is 192 Å². The van der Waals surface area contributed by atoms with Gasteiger partial charge in [0.25, 0.3) is 0 Å². The van der Waals surface area contributed by atoms with Gasteiger partial charge in [0, 0.05) is 195 Å². The lowest BCUT2D eigenvalue weighted by atomic mass is 10.0. The molecule has 0 bridgehead atoms. The topological polar surface area (TPSA) is 271 Å². The van der Waals surface area contributed by atoms with Crippen molar-refractivity contribution >= 4 is 204 Å². The first-order chi connectivity index (χ1) is 67.1. The Hall–Kier alpha value is -14.4. The maximum Gasteiger partial charge on any atom is 0.246 e. The zero-order chi connectivity index (χ0) is 96.6. The van der Waals surface area contributed by atoms with Crippen LogP contribution in [0, 0.1) is 6.57 Å². The lowest BCUT2D eigenvalue weighted by Gasteiger charge is -2.35. The normalized spacial score (nSPS) is 14.3. The average Bonchev–Trinajstić information content (AvgIpc) is 1.71. The number of piperazine rings is 5. The molecule has 0 radical (unpaired) electrons. The molecule has 138 heavy (non-hydrogen) atoms. The van der Waals surface area contributed by atoms with Gasteiger partial charge in [-0.15, -0.1) is 11.3 Å². The highest BCUT2D eigenvalue weighted by Gasteiger charge is 2.30. The number of halogens is 6. The van der Waals surface area contributed by atoms with Crippen LogP contribution in [-0.2, 0) is 24.0 Å². The summed E-state index contributed by atoms with van der Waals surface area (Å²) < 4.78 is 1.02. The number of aromatic nitrogens is 10. The van der Waals surface area contributed by atoms with E-state index in [1.54, 1.807) is 85.4 Å². The van der Waals surface area contributed by atoms with Crippen LogP contribution < -0.4 is 24.5 Å². The van der Waals surface area contributed by atoms with Gasteiger partial charge in [-0.25, -0.2) is 54.7 Å². The first-order valence-corrected chi connectivity index (χ1v) is 47.8. The second-order valence-electron chi connectivity index (χ2n) is 32.4. The minimum atomic E-state index is -0.0476. The fourth-order valence-corrected chi connectivity index (χ4v) is 19.4. The third kappa shape index (κ3) is 22.2. The van der Waals surface area contributed by atoms with Crippen molar-refractivity contribution in [2.24, 2.45) is 0 Å². The average molecular weight is 2020 g/mol. The number of hydrogen-bond acceptors (Lipinski definition) is 22. The van der Waals surface area contributed by atoms with Crippen LogP contribution in [0.15, 0.2) is 281 Å². The molecule has 1 N–H and O–H groups in total. The van der Waals surface area contributed by atoms with E-state index in [9.17, 15) is 29.1 Å². The SMILES string of the molecule is C=CC(=O)N1CCN(c2ncnc3cc(Cl)c(-c4ccc(Br)cc4)cc23)CC1.C=CC(=O)N1CCN(c2ncnc3cc(Cl)c(-c4ccc(O)cc4)cc23)CC1.C=CC(=O)N1CCN(c2ncnc3cc(Cl)c(-c4ccccc4)cc23)CC1.C=CC(=O)N1CCN(c2ncnc3cc(Cl)c(-c4cccs4)cc23)CC1.[C-]#[N+]c1ccc(-c2cc3c(N4CCN(C(=O)C=C)CC4)ncnc3cc2Cl)cc1. The molecular weight excluding hydrogens is 1930 g/mol. The van der Waals surface area contributed by atoms with Gasteiger partial charge in [0.15, 0.2) is 5.69 Å². The van der Waals surface area contributed by atoms with Crippen molar-refractivity contribution in [3.8, 4) is 60.7 Å². The van der Waals surface area contributed by atoms with E-state index in [1.165, 1.54) is 36.7 Å². The van der Waals surface area contributed by atoms with E-state index in [0.29, 0.717) is 136 Å². The molecule has 9 aromatic carbocycles. The molecule has 0 atom stereocenters. The second kappa shape index (κ2) is 44.6. The number of anilines is 5. The van der Waals surface area contributed by atoms with Crippen molar-refractivity contribution in [2.75, 3.05) is 155 Å². The van der Waals surface area contributed by atoms with E-state index in [0.717, 1.165) is 169 Å². The Bertz CT molecular complexity index is 6980. The van der Waals surface area contributed by atoms with E-state index in [1.807, 2.05) is 133 Å². The number of fused-ring (bicyclic) bond motifs is 5. The summed E-state index contributed by atoms with van der Waals surface area (Å²) >= 11 is 37.7. The van der Waals surface area contributed by atoms with E-state index in [-0.39, 0.29) is 35.3 Å². The predicted octanol–water partition coefficient (Wildman–Crippen LogP) is 20.0. The molecule has 34 heteroatoms. The van der Waals surface area contributed by atoms with Crippen LogP contribution in [-0.4, -0.2) is 240 Å². The number of hydrogen-bond donors (Lipinski definition) is 1. The Morgan fingerprint density at radius 3 is 0.819 bits per heavy atom. The summed E-state index contributed by atoms with van der Waals surface area (Å²) in [7, 11) is 0. The number of thiophene rings is 1. The van der Waals surface area contributed by atoms with Gasteiger partial charge >= 0.3 is 0 Å². The first kappa shape index (κ1) is 96.8. The summed E-state index contributed by atoms with van der Waals surface area (Å²) in [6, 6.07) is 55.9. The summed E-state index contributed by atoms with van der Waals surface area (Å²) in [5, 5.41) is 19.5. The van der Waals surface area contributed by atoms with Gasteiger partial charge in [0.2, 0.25) is 29.5 Å². The molecule has 696 valence electrons. The molecule has 11 heterocycles. The van der Waals surface area contributed by atoms with Crippen LogP contribution in [0.5, 0.6) is 5.75 Å². The molecule has 0 saturated carbocycles. The first-order valence-electron chi connectivity index (χ1n) is 44.2. The lowest BCUT2D eigenvalue weighted by molar-refractivity contribution is -0.127. The van der Waals surface area contributed by atoms with Crippen molar-refractivity contribution in [2.45, 2.75) is 0 Å². The van der Waals surface area contributed by atoms with Gasteiger partial charge < -0.3 is 54.1 Å². The highest BCUT2D eigenvalue weighted by molar-refractivity contribution is 9.10. The van der Waals surface area contributed by atoms with E-state index in [2.05, 4.69) is 152 Å². The standard InChI is InChI=1S/C22H18ClN5O.C21H18BrClN4O.C21H19ClN4O2.C21H19ClN4O.C19H17ClN4OS/c1-3-21(29)27-8-10-28(11-9-27)22-18-12-17(15-4-6-16(24-2)7-5-15)19(23)13-20(18)25-14-26-22;1-2-20(28)26-7-9-27(10-8-26)21-17-11-16(14-3-5-15(22)6-4-14)18(23)12-19(17)24-13-25-21;1-2-20(28)25-7-9-26(10-8-25)21-17-11-16(14-3-5-15(27)6-4-14)18(22)12-19(17)23-13-24-21;1-2-20(27)25-8-10-26(11-9-25)21-17-12-16(15-6-4-3-5-7-15)18(22)13-19(17)23-14-24-21;1-2-18(25)23-5-7-24(8-6-23)19-14-10-13(17-4-3-9-26-17)15(20)11-16(14)21-12-22-19/h3-7,12-14H,1,8-11H2;2-6,11-13H,1,7-10H2;2-6,11-13,27H,1,7-10H2;2-7,12-14H,1,8-11H2;2-4,9-12H,1,5-8H2. The molecule has 5 saturated heterocycles. The quantitative estimate of drug-likeness (QED) is 0.0738. The summed E-state index contributed by atoms with van der Waals surface area (Å²) in [5.41, 5.74) is 13.1. The van der Waals surface area contributed by atoms with Gasteiger partial charge in [-0.2, -0.15) is 0 Å². The highest BCUT2D eigenvalue weighted by Crippen LogP contribution is 2.43. The summed E-state index contributed by atoms with van der Waals surface area (Å²) in [6.07, 6.45) is 14.6. The smallest absolute Gasteiger partial charge is 0.246 e. The molecule has 5 aliphatic rings. The molecular formula is C104H91BrCl5N21O6S. The van der Waals surface area contributed by atoms with Gasteiger partial charge in [-0.3, -0.25) is 24.0 Å². The van der Waals surface area contributed by atoms with Crippen LogP contribution >= 0.6 is 85.3 Å². The summed E-state index contributed by atoms with van der Waals surface area (Å²) in [5.74, 6) is 4.31. The fraction of sp³-hybridized carbons (Fsp3) is 0.192. The number of carbonyl (C=O) groups is 5. The third-order valence-electron chi connectivity index (χ3n) is 24.4. The van der Waals surface area contributed by atoms with E-state index >= 15 is 0 Å². The Kier molecular flexibility index (Phi) is 31.3. The number of phenolic OH excluding ortho intramolecular Hbond substituents is 1. The Morgan fingerprint density at radius 1 is 0.319 bits per heavy atom. The molecule has 5 fully saturated rings. The molecule has 5 amide bonds. The van der Waals surface area contributed by atoms with Gasteiger partial charge in [0.1, 0.15) is 66.5 Å². The Morgan fingerprint density at radius 2 is 0.565 bits per heavy atom. The number of benzene rings is 9. The number of rotatable bonds is 15. The minimum Gasteiger partial charge on any atom is -0.508 e. The fourth-order valence-electron chi connectivity index (χ4n) is 17.0. The molecule has 0 aliphatic carbocycles. The third-order valence-corrected chi connectivity index (χ3v) is 27.4. The van der Waals surface area contributed by atoms with Crippen LogP contribution in [0.4, 0.5) is 34.8 Å². The van der Waals surface area contributed by atoms with Crippen LogP contribution in [0.3, 0.4) is 0 Å². The van der Waals surface area contributed by atoms with Crippen molar-refractivity contribution in [3.05, 3.63) is 317 Å². The number of amides is 5. The molecule has 15 aromatic rings. The lowest BCUT2D eigenvalue weighted by Crippen LogP contribution is -2.48. The maximum atomic E-state index is 11.8. The van der Waals surface area contributed by atoms with Crippen molar-refractivity contribution in [1.29, 1.82) is 0 Å². The van der Waals surface area contributed by atoms with Crippen LogP contribution in [0.25, 0.3) is 114 Å². The van der Waals surface area contributed by atoms with Gasteiger partial charge in [-0.05, 0) is 149 Å². The molecule has 6 aromatic heterocycles. The molecule has 5 aliphatic heterocycles. The second-order valence-corrected chi connectivity index (χ2v) is 36.3. The van der Waals surface area contributed by atoms with Gasteiger partial charge in [0.05, 0.1) is 59.3 Å². The van der Waals surface area contributed by atoms with Crippen LogP contribution in [0.1, 0.15) is 0 Å². The van der Waals surface area contributed by atoms with Crippen molar-refractivity contribution < 1.29 is 29.1 Å². The summed E-state index contributed by atoms with van der Waals surface area (Å²) in [4.78, 5) is 128. The van der Waals surface area contributed by atoms with E-state index < -0.39 is 0 Å². The Labute approximate surface area is 834 Å². The minimum absolute atomic E-state index is 0.0241. The van der Waals surface area contributed by atoms with Crippen molar-refractivity contribution in [1.82, 2.24) is 74.3 Å². The number of carbonyl (C=O) groups excluding carboxylic acids is 5. The van der Waals surface area contributed by atoms with Crippen molar-refractivity contribution in [3.63, 3.8) is 0 Å². The predicted molar refractivity (Wildman–Crippen MR) is 558 cm³/mol. The Balaban J connectivity index is 0.000000125. The molecule has 0 unspecified atom stereocenters. The van der Waals surface area contributed by atoms with Crippen LogP contribution in [0.2, 0.25) is 25.1 Å². The molecule has 20 rings (SSSR count). The maximum absolute atomic E-state index is 11.8. The van der Waals surface area contributed by atoms with E-state index in [4.69, 9.17) is 64.6 Å². The molecule has 27 nitrogen and oxygen atoms in total. The highest BCUT2D eigenvalue weighted by atomic mass is 79.9. The number of aromatic hydroxyl groups is 1. The zero-order valence-electron chi connectivity index (χ0n) is 74.8. The largest absolute Gasteiger partial charge is 0.508 e. The monoisotopic (exact) mass is 2020 g/mol.